The number of carbonyl (C=O) groups excluding carboxylic acids is 2. The van der Waals surface area contributed by atoms with Crippen molar-refractivity contribution in [1.82, 2.24) is 0 Å². The minimum atomic E-state index is -0.337. The van der Waals surface area contributed by atoms with Crippen molar-refractivity contribution in [2.75, 3.05) is 7.11 Å². The molecule has 3 fully saturated rings. The molecule has 0 aromatic heterocycles. The molecule has 0 heterocycles. The van der Waals surface area contributed by atoms with Crippen LogP contribution in [0.15, 0.2) is 21.3 Å². The van der Waals surface area contributed by atoms with E-state index in [2.05, 4.69) is 76.3 Å². The molecule has 0 radical (unpaired) electrons. The highest BCUT2D eigenvalue weighted by Crippen LogP contribution is 2.75. The van der Waals surface area contributed by atoms with Gasteiger partial charge in [0.25, 0.3) is 0 Å². The minimum Gasteiger partial charge on any atom is -0.469 e. The van der Waals surface area contributed by atoms with E-state index in [1.165, 1.54) is 12.8 Å². The summed E-state index contributed by atoms with van der Waals surface area (Å²) in [5, 5.41) is 0. The van der Waals surface area contributed by atoms with E-state index < -0.39 is 0 Å². The predicted molar refractivity (Wildman–Crippen MR) is 144 cm³/mol. The Morgan fingerprint density at radius 3 is 2.41 bits per heavy atom. The first-order valence-corrected chi connectivity index (χ1v) is 14.6. The Balaban J connectivity index is 1.65. The monoisotopic (exact) mass is 578 g/mol. The van der Waals surface area contributed by atoms with Crippen LogP contribution in [0.5, 0.6) is 0 Å². The summed E-state index contributed by atoms with van der Waals surface area (Å²) in [5.41, 5.74) is 1.18. The Bertz CT molecular complexity index is 993. The largest absolute Gasteiger partial charge is 0.469 e. The maximum Gasteiger partial charge on any atom is 0.312 e. The number of rotatable bonds is 1. The van der Waals surface area contributed by atoms with Crippen molar-refractivity contribution in [2.24, 2.45) is 50.7 Å². The number of esters is 1. The number of ketones is 1. The number of halogens is 1. The topological polar surface area (TPSA) is 43.4 Å². The van der Waals surface area contributed by atoms with E-state index in [0.717, 1.165) is 42.1 Å². The molecule has 3 nitrogen and oxygen atoms in total. The van der Waals surface area contributed by atoms with E-state index in [4.69, 9.17) is 4.74 Å². The number of hydrogen-bond acceptors (Lipinski definition) is 3. The van der Waals surface area contributed by atoms with Crippen molar-refractivity contribution >= 4 is 34.3 Å². The van der Waals surface area contributed by atoms with Gasteiger partial charge in [-0.15, -0.1) is 0 Å². The van der Waals surface area contributed by atoms with Crippen molar-refractivity contribution in [3.63, 3.8) is 0 Å². The van der Waals surface area contributed by atoms with Gasteiger partial charge in [0.15, 0.2) is 5.78 Å². The van der Waals surface area contributed by atoms with Crippen molar-refractivity contribution in [3.8, 4) is 0 Å². The molecule has 8 atom stereocenters. The number of ether oxygens (including phenoxy) is 1. The van der Waals surface area contributed by atoms with E-state index in [-0.39, 0.29) is 33.0 Å². The third-order valence-electron chi connectivity index (χ3n) is 12.3. The van der Waals surface area contributed by atoms with Crippen LogP contribution in [0, 0.1) is 50.7 Å². The molecule has 0 bridgehead atoms. The standard InChI is InChI=1S/C30H43IO3/c1-18-9-8-13-30(25(33)34-7)16-15-28(5)19(23(18)30)10-11-22-27(4)17-20(31)24(32)26(2,3)21(27)12-14-29(22,28)6/h10,17-18,21-23H,8-9,11-16H2,1-7H3/t18-,21?,22?,23-,27-,28+,29+,30-/m0/s1. The summed E-state index contributed by atoms with van der Waals surface area (Å²) in [6.07, 6.45) is 13.6. The summed E-state index contributed by atoms with van der Waals surface area (Å²) >= 11 is 2.30. The van der Waals surface area contributed by atoms with Crippen LogP contribution in [0.3, 0.4) is 0 Å². The number of Topliss-reactive ketones (excluding diaryl/α,β-unsaturated/α-hetero) is 1. The Morgan fingerprint density at radius 2 is 1.74 bits per heavy atom. The molecule has 0 saturated heterocycles. The Hall–Kier alpha value is -0.650. The van der Waals surface area contributed by atoms with Crippen molar-refractivity contribution in [3.05, 3.63) is 21.3 Å². The van der Waals surface area contributed by atoms with Gasteiger partial charge in [0, 0.05) is 5.41 Å². The molecule has 0 aromatic carbocycles. The van der Waals surface area contributed by atoms with E-state index in [0.29, 0.717) is 29.5 Å². The maximum absolute atomic E-state index is 13.3. The fourth-order valence-electron chi connectivity index (χ4n) is 10.4. The molecule has 188 valence electrons. The molecule has 0 aliphatic heterocycles. The number of allylic oxidation sites excluding steroid dienone is 4. The highest BCUT2D eigenvalue weighted by atomic mass is 127. The van der Waals surface area contributed by atoms with Gasteiger partial charge >= 0.3 is 5.97 Å². The van der Waals surface area contributed by atoms with Crippen LogP contribution in [-0.4, -0.2) is 18.9 Å². The van der Waals surface area contributed by atoms with Crippen LogP contribution in [0.4, 0.5) is 0 Å². The SMILES string of the molecule is COC(=O)[C@]12CCC[C@H](C)[C@H]1C1=CCC3[C@@]4(C)C=C(I)C(=O)C(C)(C)C4CC[C@@]3(C)[C@]1(C)CC2. The molecular weight excluding hydrogens is 535 g/mol. The molecule has 0 aromatic rings. The smallest absolute Gasteiger partial charge is 0.312 e. The second-order valence-corrected chi connectivity index (χ2v) is 14.9. The molecule has 4 heteroatoms. The zero-order chi connectivity index (χ0) is 24.9. The van der Waals surface area contributed by atoms with Gasteiger partial charge in [0.1, 0.15) is 0 Å². The molecule has 2 unspecified atom stereocenters. The molecule has 5 aliphatic carbocycles. The molecule has 0 N–H and O–H groups in total. The average Bonchev–Trinajstić information content (AvgIpc) is 2.77. The lowest BCUT2D eigenvalue weighted by Gasteiger charge is -2.69. The summed E-state index contributed by atoms with van der Waals surface area (Å²) in [5.74, 6) is 2.06. The van der Waals surface area contributed by atoms with E-state index in [9.17, 15) is 9.59 Å². The molecule has 5 aliphatic rings. The van der Waals surface area contributed by atoms with Gasteiger partial charge in [-0.2, -0.15) is 0 Å². The quantitative estimate of drug-likeness (QED) is 0.182. The van der Waals surface area contributed by atoms with Crippen LogP contribution in [0.2, 0.25) is 0 Å². The molecule has 34 heavy (non-hydrogen) atoms. The summed E-state index contributed by atoms with van der Waals surface area (Å²) in [4.78, 5) is 26.5. The fraction of sp³-hybridized carbons (Fsp3) is 0.800. The van der Waals surface area contributed by atoms with Gasteiger partial charge in [-0.25, -0.2) is 0 Å². The Labute approximate surface area is 220 Å². The van der Waals surface area contributed by atoms with Gasteiger partial charge in [-0.3, -0.25) is 9.59 Å². The van der Waals surface area contributed by atoms with Crippen LogP contribution in [-0.2, 0) is 14.3 Å². The summed E-state index contributed by atoms with van der Waals surface area (Å²) in [6, 6.07) is 0. The van der Waals surface area contributed by atoms with Crippen molar-refractivity contribution < 1.29 is 14.3 Å². The maximum atomic E-state index is 13.3. The predicted octanol–water partition coefficient (Wildman–Crippen LogP) is 7.68. The third kappa shape index (κ3) is 2.87. The number of carbonyl (C=O) groups is 2. The number of fused-ring (bicyclic) bond motifs is 7. The van der Waals surface area contributed by atoms with Crippen molar-refractivity contribution in [2.45, 2.75) is 92.9 Å². The Kier molecular flexibility index (Phi) is 5.65. The lowest BCUT2D eigenvalue weighted by atomic mass is 9.34. The average molecular weight is 579 g/mol. The highest BCUT2D eigenvalue weighted by molar-refractivity contribution is 14.1. The summed E-state index contributed by atoms with van der Waals surface area (Å²) < 4.78 is 6.40. The second-order valence-electron chi connectivity index (χ2n) is 13.7. The van der Waals surface area contributed by atoms with Gasteiger partial charge in [0.2, 0.25) is 0 Å². The van der Waals surface area contributed by atoms with Gasteiger partial charge in [0.05, 0.1) is 16.1 Å². The third-order valence-corrected chi connectivity index (χ3v) is 13.1. The Morgan fingerprint density at radius 1 is 1.03 bits per heavy atom. The van der Waals surface area contributed by atoms with Gasteiger partial charge < -0.3 is 4.74 Å². The molecule has 0 amide bonds. The van der Waals surface area contributed by atoms with Gasteiger partial charge in [-0.05, 0) is 101 Å². The summed E-state index contributed by atoms with van der Waals surface area (Å²) in [7, 11) is 1.58. The molecule has 0 spiro atoms. The van der Waals surface area contributed by atoms with E-state index >= 15 is 0 Å². The lowest BCUT2D eigenvalue weighted by molar-refractivity contribution is -0.177. The molecule has 5 rings (SSSR count). The first-order chi connectivity index (χ1) is 15.8. The minimum absolute atomic E-state index is 0.0149. The zero-order valence-electron chi connectivity index (χ0n) is 22.2. The summed E-state index contributed by atoms with van der Waals surface area (Å²) in [6.45, 7) is 14.3. The second kappa shape index (κ2) is 7.68. The van der Waals surface area contributed by atoms with Crippen LogP contribution < -0.4 is 0 Å². The molecular formula is C30H43IO3. The van der Waals surface area contributed by atoms with E-state index in [1.807, 2.05) is 0 Å². The first kappa shape index (κ1) is 25.0. The van der Waals surface area contributed by atoms with Crippen molar-refractivity contribution in [1.29, 1.82) is 0 Å². The normalized spacial score (nSPS) is 49.5. The number of methoxy groups -OCH3 is 1. The number of hydrogen-bond donors (Lipinski definition) is 0. The first-order valence-electron chi connectivity index (χ1n) is 13.5. The lowest BCUT2D eigenvalue weighted by Crippen LogP contribution is -2.64. The van der Waals surface area contributed by atoms with Gasteiger partial charge in [-0.1, -0.05) is 72.1 Å². The van der Waals surface area contributed by atoms with Crippen LogP contribution >= 0.6 is 22.6 Å². The zero-order valence-corrected chi connectivity index (χ0v) is 24.4. The molecule has 3 saturated carbocycles. The van der Waals surface area contributed by atoms with Crippen LogP contribution in [0.1, 0.15) is 92.9 Å². The van der Waals surface area contributed by atoms with E-state index in [1.54, 1.807) is 12.7 Å². The highest BCUT2D eigenvalue weighted by Gasteiger charge is 2.69. The fourth-order valence-corrected chi connectivity index (χ4v) is 11.7. The van der Waals surface area contributed by atoms with Crippen LogP contribution in [0.25, 0.3) is 0 Å².